The summed E-state index contributed by atoms with van der Waals surface area (Å²) < 4.78 is 7.40. The van der Waals surface area contributed by atoms with E-state index in [0.29, 0.717) is 6.04 Å². The van der Waals surface area contributed by atoms with Gasteiger partial charge in [0.05, 0.1) is 7.11 Å². The fourth-order valence-electron chi connectivity index (χ4n) is 2.46. The minimum absolute atomic E-state index is 0.387. The monoisotopic (exact) mass is 287 g/mol. The first-order chi connectivity index (χ1) is 10.2. The lowest BCUT2D eigenvalue weighted by atomic mass is 10.0. The van der Waals surface area contributed by atoms with Crippen molar-refractivity contribution >= 4 is 0 Å². The van der Waals surface area contributed by atoms with Crippen LogP contribution in [0.25, 0.3) is 0 Å². The molecular formula is C17H25N3O. The van der Waals surface area contributed by atoms with Crippen LogP contribution in [0.5, 0.6) is 5.75 Å². The van der Waals surface area contributed by atoms with Crippen LogP contribution in [0.1, 0.15) is 24.7 Å². The molecule has 0 aliphatic heterocycles. The first kappa shape index (κ1) is 15.6. The quantitative estimate of drug-likeness (QED) is 0.811. The van der Waals surface area contributed by atoms with Gasteiger partial charge in [-0.05, 0) is 37.1 Å². The average Bonchev–Trinajstić information content (AvgIpc) is 2.90. The number of imidazole rings is 1. The number of rotatable bonds is 8. The first-order valence-electron chi connectivity index (χ1n) is 7.55. The van der Waals surface area contributed by atoms with Gasteiger partial charge in [-0.15, -0.1) is 0 Å². The summed E-state index contributed by atoms with van der Waals surface area (Å²) >= 11 is 0. The normalized spacial score (nSPS) is 12.3. The van der Waals surface area contributed by atoms with Crippen LogP contribution in [0.15, 0.2) is 36.7 Å². The summed E-state index contributed by atoms with van der Waals surface area (Å²) in [7, 11) is 3.75. The fraction of sp³-hybridized carbons (Fsp3) is 0.471. The third-order valence-electron chi connectivity index (χ3n) is 3.65. The van der Waals surface area contributed by atoms with E-state index in [-0.39, 0.29) is 0 Å². The largest absolute Gasteiger partial charge is 0.497 e. The second-order valence-corrected chi connectivity index (χ2v) is 5.37. The van der Waals surface area contributed by atoms with Crippen molar-refractivity contribution in [2.45, 2.75) is 32.2 Å². The van der Waals surface area contributed by atoms with Gasteiger partial charge in [0.1, 0.15) is 11.6 Å². The predicted octanol–water partition coefficient (Wildman–Crippen LogP) is 2.58. The topological polar surface area (TPSA) is 39.1 Å². The molecule has 0 saturated carbocycles. The van der Waals surface area contributed by atoms with Gasteiger partial charge in [0.2, 0.25) is 0 Å². The van der Waals surface area contributed by atoms with Crippen molar-refractivity contribution in [1.82, 2.24) is 14.9 Å². The summed E-state index contributed by atoms with van der Waals surface area (Å²) in [5.41, 5.74) is 1.29. The van der Waals surface area contributed by atoms with Crippen LogP contribution < -0.4 is 10.1 Å². The van der Waals surface area contributed by atoms with E-state index in [1.165, 1.54) is 5.56 Å². The maximum atomic E-state index is 5.31. The molecule has 1 heterocycles. The lowest BCUT2D eigenvalue weighted by molar-refractivity contribution is 0.413. The van der Waals surface area contributed by atoms with E-state index in [9.17, 15) is 0 Å². The molecule has 0 saturated heterocycles. The molecule has 114 valence electrons. The van der Waals surface area contributed by atoms with Crippen LogP contribution in [0.3, 0.4) is 0 Å². The number of nitrogens with one attached hydrogen (secondary N) is 1. The number of hydrogen-bond acceptors (Lipinski definition) is 3. The van der Waals surface area contributed by atoms with Gasteiger partial charge in [0.25, 0.3) is 0 Å². The molecule has 4 nitrogen and oxygen atoms in total. The second kappa shape index (κ2) is 7.84. The summed E-state index contributed by atoms with van der Waals surface area (Å²) in [5, 5.41) is 3.63. The molecule has 0 fully saturated rings. The smallest absolute Gasteiger partial charge is 0.119 e. The number of nitrogens with zero attached hydrogens (tertiary/aromatic N) is 2. The lowest BCUT2D eigenvalue weighted by Gasteiger charge is -2.19. The Labute approximate surface area is 127 Å². The number of hydrogen-bond donors (Lipinski definition) is 1. The standard InChI is InChI=1S/C17H25N3O/c1-4-8-18-15(13-17-19-9-10-20(17)2)11-14-6-5-7-16(12-14)21-3/h5-7,9-10,12,15,18H,4,8,11,13H2,1-3H3. The number of aromatic nitrogens is 2. The van der Waals surface area contributed by atoms with E-state index in [1.807, 2.05) is 31.6 Å². The van der Waals surface area contributed by atoms with Gasteiger partial charge in [0.15, 0.2) is 0 Å². The van der Waals surface area contributed by atoms with Crippen molar-refractivity contribution in [3.8, 4) is 5.75 Å². The van der Waals surface area contributed by atoms with Crippen molar-refractivity contribution in [2.24, 2.45) is 7.05 Å². The zero-order valence-corrected chi connectivity index (χ0v) is 13.2. The molecule has 0 amide bonds. The van der Waals surface area contributed by atoms with Crippen LogP contribution in [0.2, 0.25) is 0 Å². The van der Waals surface area contributed by atoms with Crippen molar-refractivity contribution in [2.75, 3.05) is 13.7 Å². The van der Waals surface area contributed by atoms with Crippen LogP contribution in [0.4, 0.5) is 0 Å². The van der Waals surface area contributed by atoms with E-state index in [4.69, 9.17) is 4.74 Å². The SMILES string of the molecule is CCCNC(Cc1cccc(OC)c1)Cc1nccn1C. The molecule has 1 unspecified atom stereocenters. The number of ether oxygens (including phenoxy) is 1. The van der Waals surface area contributed by atoms with Crippen molar-refractivity contribution in [3.63, 3.8) is 0 Å². The second-order valence-electron chi connectivity index (χ2n) is 5.37. The molecule has 0 aliphatic rings. The summed E-state index contributed by atoms with van der Waals surface area (Å²) in [6.45, 7) is 3.22. The molecule has 1 atom stereocenters. The van der Waals surface area contributed by atoms with E-state index < -0.39 is 0 Å². The van der Waals surface area contributed by atoms with E-state index in [0.717, 1.165) is 37.4 Å². The average molecular weight is 287 g/mol. The maximum absolute atomic E-state index is 5.31. The summed E-state index contributed by atoms with van der Waals surface area (Å²) in [6.07, 6.45) is 6.90. The molecule has 0 radical (unpaired) electrons. The Hall–Kier alpha value is -1.81. The van der Waals surface area contributed by atoms with Crippen LogP contribution in [-0.4, -0.2) is 29.2 Å². The molecule has 2 rings (SSSR count). The third-order valence-corrected chi connectivity index (χ3v) is 3.65. The Morgan fingerprint density at radius 1 is 1.33 bits per heavy atom. The molecule has 2 aromatic rings. The minimum Gasteiger partial charge on any atom is -0.497 e. The zero-order chi connectivity index (χ0) is 15.1. The van der Waals surface area contributed by atoms with Crippen LogP contribution >= 0.6 is 0 Å². The highest BCUT2D eigenvalue weighted by Crippen LogP contribution is 2.15. The Bertz CT molecular complexity index is 550. The summed E-state index contributed by atoms with van der Waals surface area (Å²) in [4.78, 5) is 4.44. The van der Waals surface area contributed by atoms with Gasteiger partial charge in [-0.2, -0.15) is 0 Å². The minimum atomic E-state index is 0.387. The Morgan fingerprint density at radius 3 is 2.86 bits per heavy atom. The number of aryl methyl sites for hydroxylation is 1. The first-order valence-corrected chi connectivity index (χ1v) is 7.55. The maximum Gasteiger partial charge on any atom is 0.119 e. The molecule has 1 aromatic heterocycles. The molecular weight excluding hydrogens is 262 g/mol. The van der Waals surface area contributed by atoms with Gasteiger partial charge in [-0.1, -0.05) is 19.1 Å². The zero-order valence-electron chi connectivity index (χ0n) is 13.2. The third kappa shape index (κ3) is 4.60. The van der Waals surface area contributed by atoms with Crippen LogP contribution in [-0.2, 0) is 19.9 Å². The van der Waals surface area contributed by atoms with Gasteiger partial charge < -0.3 is 14.6 Å². The molecule has 0 bridgehead atoms. The Morgan fingerprint density at radius 2 is 2.19 bits per heavy atom. The van der Waals surface area contributed by atoms with Crippen molar-refractivity contribution in [3.05, 3.63) is 48.0 Å². The highest BCUT2D eigenvalue weighted by molar-refractivity contribution is 5.29. The number of benzene rings is 1. The lowest BCUT2D eigenvalue weighted by Crippen LogP contribution is -2.34. The van der Waals surface area contributed by atoms with Gasteiger partial charge in [-0.3, -0.25) is 0 Å². The van der Waals surface area contributed by atoms with Crippen LogP contribution in [0, 0.1) is 0 Å². The Balaban J connectivity index is 2.06. The van der Waals surface area contributed by atoms with E-state index in [2.05, 4.69) is 33.9 Å². The van der Waals surface area contributed by atoms with E-state index >= 15 is 0 Å². The highest BCUT2D eigenvalue weighted by Gasteiger charge is 2.13. The summed E-state index contributed by atoms with van der Waals surface area (Å²) in [6, 6.07) is 8.68. The molecule has 0 aliphatic carbocycles. The molecule has 4 heteroatoms. The molecule has 1 aromatic carbocycles. The Kier molecular flexibility index (Phi) is 5.81. The molecule has 1 N–H and O–H groups in total. The van der Waals surface area contributed by atoms with Gasteiger partial charge in [0, 0.05) is 31.9 Å². The fourth-order valence-corrected chi connectivity index (χ4v) is 2.46. The van der Waals surface area contributed by atoms with Crippen molar-refractivity contribution in [1.29, 1.82) is 0 Å². The van der Waals surface area contributed by atoms with E-state index in [1.54, 1.807) is 7.11 Å². The molecule has 21 heavy (non-hydrogen) atoms. The molecule has 0 spiro atoms. The highest BCUT2D eigenvalue weighted by atomic mass is 16.5. The van der Waals surface area contributed by atoms with Gasteiger partial charge >= 0.3 is 0 Å². The predicted molar refractivity (Wildman–Crippen MR) is 85.7 cm³/mol. The van der Waals surface area contributed by atoms with Crippen molar-refractivity contribution < 1.29 is 4.74 Å². The summed E-state index contributed by atoms with van der Waals surface area (Å²) in [5.74, 6) is 2.03. The number of methoxy groups -OCH3 is 1. The van der Waals surface area contributed by atoms with Gasteiger partial charge in [-0.25, -0.2) is 4.98 Å².